The molecule has 0 bridgehead atoms. The van der Waals surface area contributed by atoms with E-state index in [1.165, 1.54) is 11.1 Å². The summed E-state index contributed by atoms with van der Waals surface area (Å²) in [6, 6.07) is 8.20. The number of aryl methyl sites for hydroxylation is 1. The average Bonchev–Trinajstić information content (AvgIpc) is 3.23. The second-order valence-electron chi connectivity index (χ2n) is 6.04. The van der Waals surface area contributed by atoms with Gasteiger partial charge in [0.2, 0.25) is 0 Å². The Balaban J connectivity index is 1.73. The van der Waals surface area contributed by atoms with Crippen molar-refractivity contribution in [2.45, 2.75) is 32.6 Å². The van der Waals surface area contributed by atoms with Gasteiger partial charge in [-0.05, 0) is 31.2 Å². The van der Waals surface area contributed by atoms with Crippen LogP contribution in [0.25, 0.3) is 0 Å². The van der Waals surface area contributed by atoms with Gasteiger partial charge in [0.05, 0.1) is 6.61 Å². The number of nitrogens with one attached hydrogen (secondary N) is 2. The molecule has 0 spiro atoms. The third-order valence-electron chi connectivity index (χ3n) is 4.10. The van der Waals surface area contributed by atoms with E-state index in [0.29, 0.717) is 13.1 Å². The summed E-state index contributed by atoms with van der Waals surface area (Å²) in [7, 11) is 0. The molecule has 1 saturated carbocycles. The van der Waals surface area contributed by atoms with E-state index in [9.17, 15) is 9.90 Å². The minimum absolute atomic E-state index is 0.0422. The van der Waals surface area contributed by atoms with Crippen LogP contribution in [0.15, 0.2) is 24.3 Å². The quantitative estimate of drug-likeness (QED) is 0.745. The van der Waals surface area contributed by atoms with Crippen LogP contribution in [0, 0.1) is 12.3 Å². The summed E-state index contributed by atoms with van der Waals surface area (Å²) in [4.78, 5) is 11.7. The number of amides is 2. The number of aliphatic hydroxyl groups excluding tert-OH is 1. The Kier molecular flexibility index (Phi) is 4.65. The molecule has 0 saturated heterocycles. The molecule has 0 heterocycles. The topological polar surface area (TPSA) is 61.4 Å². The van der Waals surface area contributed by atoms with Gasteiger partial charge in [-0.25, -0.2) is 4.79 Å². The van der Waals surface area contributed by atoms with Gasteiger partial charge in [-0.3, -0.25) is 0 Å². The van der Waals surface area contributed by atoms with Gasteiger partial charge in [-0.2, -0.15) is 0 Å². The largest absolute Gasteiger partial charge is 0.396 e. The Labute approximate surface area is 120 Å². The minimum atomic E-state index is -0.149. The average molecular weight is 276 g/mol. The first-order valence-corrected chi connectivity index (χ1v) is 7.24. The fraction of sp³-hybridized carbons (Fsp3) is 0.562. The van der Waals surface area contributed by atoms with Gasteiger partial charge in [0.1, 0.15) is 0 Å². The molecule has 0 aromatic heterocycles. The van der Waals surface area contributed by atoms with Crippen LogP contribution in [0.2, 0.25) is 0 Å². The smallest absolute Gasteiger partial charge is 0.314 e. The first kappa shape index (κ1) is 14.9. The Morgan fingerprint density at radius 3 is 2.75 bits per heavy atom. The molecule has 3 N–H and O–H groups in total. The number of hydrogen-bond donors (Lipinski definition) is 3. The van der Waals surface area contributed by atoms with Crippen molar-refractivity contribution in [1.29, 1.82) is 0 Å². The number of aliphatic hydroxyl groups is 1. The SMILES string of the molecule is Cc1cccc(C(C)CNC(=O)NCC2(CO)CC2)c1. The second-order valence-corrected chi connectivity index (χ2v) is 6.04. The maximum atomic E-state index is 11.7. The van der Waals surface area contributed by atoms with Crippen molar-refractivity contribution in [3.8, 4) is 0 Å². The van der Waals surface area contributed by atoms with E-state index >= 15 is 0 Å². The number of carbonyl (C=O) groups excluding carboxylic acids is 1. The lowest BCUT2D eigenvalue weighted by molar-refractivity contribution is 0.203. The van der Waals surface area contributed by atoms with Gasteiger partial charge in [-0.15, -0.1) is 0 Å². The predicted octanol–water partition coefficient (Wildman–Crippen LogP) is 2.17. The van der Waals surface area contributed by atoms with E-state index in [0.717, 1.165) is 12.8 Å². The number of urea groups is 1. The van der Waals surface area contributed by atoms with Crippen LogP contribution in [0.5, 0.6) is 0 Å². The third kappa shape index (κ3) is 3.97. The highest BCUT2D eigenvalue weighted by molar-refractivity contribution is 5.74. The van der Waals surface area contributed by atoms with Crippen LogP contribution in [0.4, 0.5) is 4.79 Å². The number of rotatable bonds is 6. The van der Waals surface area contributed by atoms with Crippen LogP contribution in [-0.2, 0) is 0 Å². The second kappa shape index (κ2) is 6.27. The van der Waals surface area contributed by atoms with Crippen LogP contribution in [0.1, 0.15) is 36.8 Å². The molecule has 1 aromatic rings. The summed E-state index contributed by atoms with van der Waals surface area (Å²) in [5.41, 5.74) is 2.43. The normalized spacial score (nSPS) is 17.4. The maximum absolute atomic E-state index is 11.7. The lowest BCUT2D eigenvalue weighted by Crippen LogP contribution is -2.40. The van der Waals surface area contributed by atoms with Crippen molar-refractivity contribution < 1.29 is 9.90 Å². The van der Waals surface area contributed by atoms with E-state index in [-0.39, 0.29) is 24.0 Å². The Morgan fingerprint density at radius 2 is 2.15 bits per heavy atom. The molecule has 1 atom stereocenters. The zero-order chi connectivity index (χ0) is 14.6. The summed E-state index contributed by atoms with van der Waals surface area (Å²) in [5, 5.41) is 14.9. The molecule has 0 radical (unpaired) electrons. The van der Waals surface area contributed by atoms with Crippen LogP contribution in [-0.4, -0.2) is 30.8 Å². The fourth-order valence-corrected chi connectivity index (χ4v) is 2.24. The minimum Gasteiger partial charge on any atom is -0.396 e. The van der Waals surface area contributed by atoms with Crippen molar-refractivity contribution in [2.75, 3.05) is 19.7 Å². The predicted molar refractivity (Wildman–Crippen MR) is 79.7 cm³/mol. The molecule has 110 valence electrons. The molecule has 2 rings (SSSR count). The summed E-state index contributed by atoms with van der Waals surface area (Å²) in [6.07, 6.45) is 2.01. The van der Waals surface area contributed by atoms with Crippen LogP contribution < -0.4 is 10.6 Å². The lowest BCUT2D eigenvalue weighted by Gasteiger charge is -2.16. The Bertz CT molecular complexity index is 469. The number of hydrogen-bond acceptors (Lipinski definition) is 2. The molecular formula is C16H24N2O2. The number of benzene rings is 1. The molecule has 1 aliphatic rings. The Morgan fingerprint density at radius 1 is 1.40 bits per heavy atom. The first-order valence-electron chi connectivity index (χ1n) is 7.24. The van der Waals surface area contributed by atoms with E-state index in [2.05, 4.69) is 42.7 Å². The molecule has 4 heteroatoms. The van der Waals surface area contributed by atoms with Crippen LogP contribution >= 0.6 is 0 Å². The van der Waals surface area contributed by atoms with Gasteiger partial charge in [0.15, 0.2) is 0 Å². The van der Waals surface area contributed by atoms with E-state index in [1.54, 1.807) is 0 Å². The highest BCUT2D eigenvalue weighted by atomic mass is 16.3. The van der Waals surface area contributed by atoms with Gasteiger partial charge >= 0.3 is 6.03 Å². The van der Waals surface area contributed by atoms with Crippen molar-refractivity contribution in [1.82, 2.24) is 10.6 Å². The first-order chi connectivity index (χ1) is 9.54. The highest BCUT2D eigenvalue weighted by Crippen LogP contribution is 2.44. The summed E-state index contributed by atoms with van der Waals surface area (Å²) in [6.45, 7) is 5.51. The lowest BCUT2D eigenvalue weighted by atomic mass is 9.99. The summed E-state index contributed by atoms with van der Waals surface area (Å²) in [5.74, 6) is 0.286. The molecule has 0 aliphatic heterocycles. The maximum Gasteiger partial charge on any atom is 0.314 e. The summed E-state index contributed by atoms with van der Waals surface area (Å²) < 4.78 is 0. The molecular weight excluding hydrogens is 252 g/mol. The third-order valence-corrected chi connectivity index (χ3v) is 4.10. The standard InChI is InChI=1S/C16H24N2O2/c1-12-4-3-5-14(8-12)13(2)9-17-15(20)18-10-16(11-19)6-7-16/h3-5,8,13,19H,6-7,9-11H2,1-2H3,(H2,17,18,20). The van der Waals surface area contributed by atoms with E-state index in [1.807, 2.05) is 6.07 Å². The summed E-state index contributed by atoms with van der Waals surface area (Å²) >= 11 is 0. The zero-order valence-electron chi connectivity index (χ0n) is 12.3. The van der Waals surface area contributed by atoms with Gasteiger partial charge in [0.25, 0.3) is 0 Å². The Hall–Kier alpha value is -1.55. The zero-order valence-corrected chi connectivity index (χ0v) is 12.3. The van der Waals surface area contributed by atoms with Crippen LogP contribution in [0.3, 0.4) is 0 Å². The van der Waals surface area contributed by atoms with Crippen molar-refractivity contribution in [3.63, 3.8) is 0 Å². The molecule has 20 heavy (non-hydrogen) atoms. The van der Waals surface area contributed by atoms with Crippen molar-refractivity contribution >= 4 is 6.03 Å². The highest BCUT2D eigenvalue weighted by Gasteiger charge is 2.42. The van der Waals surface area contributed by atoms with E-state index < -0.39 is 0 Å². The van der Waals surface area contributed by atoms with E-state index in [4.69, 9.17) is 0 Å². The fourth-order valence-electron chi connectivity index (χ4n) is 2.24. The molecule has 4 nitrogen and oxygen atoms in total. The molecule has 2 amide bonds. The molecule has 1 unspecified atom stereocenters. The van der Waals surface area contributed by atoms with Gasteiger partial charge in [0, 0.05) is 18.5 Å². The monoisotopic (exact) mass is 276 g/mol. The van der Waals surface area contributed by atoms with Gasteiger partial charge in [-0.1, -0.05) is 36.8 Å². The number of carbonyl (C=O) groups is 1. The van der Waals surface area contributed by atoms with Crippen molar-refractivity contribution in [2.24, 2.45) is 5.41 Å². The van der Waals surface area contributed by atoms with Gasteiger partial charge < -0.3 is 15.7 Å². The molecule has 1 fully saturated rings. The molecule has 1 aromatic carbocycles. The molecule has 1 aliphatic carbocycles. The van der Waals surface area contributed by atoms with Crippen molar-refractivity contribution in [3.05, 3.63) is 35.4 Å².